The Morgan fingerprint density at radius 1 is 1.25 bits per heavy atom. The van der Waals surface area contributed by atoms with Crippen LogP contribution in [0.2, 0.25) is 0 Å². The molecule has 128 valence electrons. The second kappa shape index (κ2) is 8.26. The summed E-state index contributed by atoms with van der Waals surface area (Å²) in [6.45, 7) is 1.44. The number of pyridine rings is 1. The van der Waals surface area contributed by atoms with Crippen LogP contribution in [0.4, 0.5) is 0 Å². The molecule has 2 rings (SSSR count). The monoisotopic (exact) mass is 331 g/mol. The van der Waals surface area contributed by atoms with Crippen LogP contribution in [0, 0.1) is 0 Å². The summed E-state index contributed by atoms with van der Waals surface area (Å²) in [5, 5.41) is 8.95. The average Bonchev–Trinajstić information content (AvgIpc) is 2.93. The molecule has 0 amide bonds. The van der Waals surface area contributed by atoms with Crippen molar-refractivity contribution in [1.29, 1.82) is 0 Å². The minimum atomic E-state index is -0.844. The number of ether oxygens (including phenoxy) is 1. The fraction of sp³-hybridized carbons (Fsp3) is 0.353. The number of carbonyl (C=O) groups is 2. The number of aliphatic carboxylic acids is 1. The summed E-state index contributed by atoms with van der Waals surface area (Å²) in [4.78, 5) is 28.9. The number of esters is 1. The van der Waals surface area contributed by atoms with E-state index in [2.05, 4.69) is 4.98 Å². The molecule has 0 saturated carbocycles. The van der Waals surface area contributed by atoms with E-state index in [0.29, 0.717) is 25.3 Å². The van der Waals surface area contributed by atoms with Crippen LogP contribution in [0.1, 0.15) is 28.3 Å². The molecule has 0 bridgehead atoms. The Hall–Kier alpha value is -2.67. The molecular weight excluding hydrogens is 310 g/mol. The normalized spacial score (nSPS) is 10.8. The molecule has 2 heterocycles. The second-order valence-corrected chi connectivity index (χ2v) is 5.44. The van der Waals surface area contributed by atoms with E-state index in [1.807, 2.05) is 29.2 Å². The van der Waals surface area contributed by atoms with Gasteiger partial charge in [0.2, 0.25) is 0 Å². The van der Waals surface area contributed by atoms with Gasteiger partial charge in [0.25, 0.3) is 0 Å². The van der Waals surface area contributed by atoms with Gasteiger partial charge in [-0.05, 0) is 24.3 Å². The van der Waals surface area contributed by atoms with Crippen molar-refractivity contribution in [3.63, 3.8) is 0 Å². The predicted molar refractivity (Wildman–Crippen MR) is 87.4 cm³/mol. The van der Waals surface area contributed by atoms with Crippen LogP contribution in [0.25, 0.3) is 0 Å². The standard InChI is InChI=1S/C17H21N3O4/c1-19-14(6-7-15(19)17(23)24-2)12-20(10-8-16(21)22)11-13-5-3-4-9-18-13/h3-7,9H,8,10-12H2,1-2H3,(H,21,22). The lowest BCUT2D eigenvalue weighted by Gasteiger charge is -2.21. The predicted octanol–water partition coefficient (Wildman–Crippen LogP) is 1.68. The first-order chi connectivity index (χ1) is 11.5. The van der Waals surface area contributed by atoms with Gasteiger partial charge in [-0.25, -0.2) is 4.79 Å². The first-order valence-corrected chi connectivity index (χ1v) is 7.58. The van der Waals surface area contributed by atoms with Crippen molar-refractivity contribution in [1.82, 2.24) is 14.5 Å². The molecule has 0 aromatic carbocycles. The van der Waals surface area contributed by atoms with Crippen LogP contribution < -0.4 is 0 Å². The number of methoxy groups -OCH3 is 1. The summed E-state index contributed by atoms with van der Waals surface area (Å²) in [6.07, 6.45) is 1.75. The largest absolute Gasteiger partial charge is 0.481 e. The Morgan fingerprint density at radius 2 is 2.04 bits per heavy atom. The van der Waals surface area contributed by atoms with Crippen LogP contribution in [0.3, 0.4) is 0 Å². The van der Waals surface area contributed by atoms with Crippen LogP contribution in [-0.2, 0) is 29.7 Å². The molecule has 1 N–H and O–H groups in total. The van der Waals surface area contributed by atoms with Gasteiger partial charge in [-0.15, -0.1) is 0 Å². The van der Waals surface area contributed by atoms with Gasteiger partial charge in [0, 0.05) is 38.6 Å². The number of nitrogens with zero attached hydrogens (tertiary/aromatic N) is 3. The Morgan fingerprint density at radius 3 is 2.67 bits per heavy atom. The second-order valence-electron chi connectivity index (χ2n) is 5.44. The molecule has 0 unspecified atom stereocenters. The zero-order valence-corrected chi connectivity index (χ0v) is 13.8. The molecule has 0 fully saturated rings. The first-order valence-electron chi connectivity index (χ1n) is 7.58. The van der Waals surface area contributed by atoms with E-state index < -0.39 is 11.9 Å². The number of hydrogen-bond acceptors (Lipinski definition) is 5. The summed E-state index contributed by atoms with van der Waals surface area (Å²) >= 11 is 0. The average molecular weight is 331 g/mol. The van der Waals surface area contributed by atoms with Crippen molar-refractivity contribution in [3.05, 3.63) is 53.6 Å². The number of aromatic nitrogens is 2. The Labute approximate surface area is 140 Å². The highest BCUT2D eigenvalue weighted by Crippen LogP contribution is 2.13. The molecule has 2 aromatic heterocycles. The minimum absolute atomic E-state index is 0.0428. The Bertz CT molecular complexity index is 697. The summed E-state index contributed by atoms with van der Waals surface area (Å²) in [6, 6.07) is 9.19. The number of carboxylic acid groups (broad SMARTS) is 1. The van der Waals surface area contributed by atoms with E-state index in [1.54, 1.807) is 23.9 Å². The van der Waals surface area contributed by atoms with Crippen molar-refractivity contribution in [2.45, 2.75) is 19.5 Å². The molecule has 0 saturated heterocycles. The molecule has 0 spiro atoms. The van der Waals surface area contributed by atoms with Crippen LogP contribution in [0.5, 0.6) is 0 Å². The highest BCUT2D eigenvalue weighted by atomic mass is 16.5. The molecule has 0 atom stereocenters. The maximum atomic E-state index is 11.7. The third-order valence-electron chi connectivity index (χ3n) is 3.76. The molecule has 0 aliphatic carbocycles. The van der Waals surface area contributed by atoms with Crippen LogP contribution >= 0.6 is 0 Å². The quantitative estimate of drug-likeness (QED) is 0.741. The smallest absolute Gasteiger partial charge is 0.354 e. The number of carbonyl (C=O) groups excluding carboxylic acids is 1. The van der Waals surface area contributed by atoms with Crippen molar-refractivity contribution in [2.75, 3.05) is 13.7 Å². The fourth-order valence-corrected chi connectivity index (χ4v) is 2.44. The van der Waals surface area contributed by atoms with E-state index in [4.69, 9.17) is 9.84 Å². The summed E-state index contributed by atoms with van der Waals surface area (Å²) in [5.41, 5.74) is 2.23. The van der Waals surface area contributed by atoms with E-state index in [-0.39, 0.29) is 6.42 Å². The molecule has 7 nitrogen and oxygen atoms in total. The molecule has 0 aliphatic heterocycles. The molecule has 24 heavy (non-hydrogen) atoms. The highest BCUT2D eigenvalue weighted by Gasteiger charge is 2.16. The third kappa shape index (κ3) is 4.66. The van der Waals surface area contributed by atoms with Gasteiger partial charge in [0.1, 0.15) is 5.69 Å². The maximum Gasteiger partial charge on any atom is 0.354 e. The zero-order valence-electron chi connectivity index (χ0n) is 13.8. The fourth-order valence-electron chi connectivity index (χ4n) is 2.44. The first kappa shape index (κ1) is 17.7. The van der Waals surface area contributed by atoms with Gasteiger partial charge in [-0.1, -0.05) is 6.07 Å². The zero-order chi connectivity index (χ0) is 17.5. The summed E-state index contributed by atoms with van der Waals surface area (Å²) in [5.74, 6) is -1.24. The molecule has 0 radical (unpaired) electrons. The van der Waals surface area contributed by atoms with Crippen LogP contribution in [0.15, 0.2) is 36.5 Å². The third-order valence-corrected chi connectivity index (χ3v) is 3.76. The topological polar surface area (TPSA) is 84.7 Å². The maximum absolute atomic E-state index is 11.7. The van der Waals surface area contributed by atoms with Gasteiger partial charge in [0.15, 0.2) is 0 Å². The number of hydrogen-bond donors (Lipinski definition) is 1. The lowest BCUT2D eigenvalue weighted by atomic mass is 10.3. The lowest BCUT2D eigenvalue weighted by Crippen LogP contribution is -2.27. The van der Waals surface area contributed by atoms with Crippen molar-refractivity contribution in [2.24, 2.45) is 7.05 Å². The number of carboxylic acids is 1. The van der Waals surface area contributed by atoms with Crippen molar-refractivity contribution >= 4 is 11.9 Å². The van der Waals surface area contributed by atoms with Crippen LogP contribution in [-0.4, -0.2) is 45.2 Å². The van der Waals surface area contributed by atoms with Gasteiger partial charge in [0.05, 0.1) is 19.2 Å². The van der Waals surface area contributed by atoms with Gasteiger partial charge < -0.3 is 14.4 Å². The molecular formula is C17H21N3O4. The number of rotatable bonds is 8. The van der Waals surface area contributed by atoms with E-state index in [9.17, 15) is 9.59 Å². The van der Waals surface area contributed by atoms with Crippen molar-refractivity contribution < 1.29 is 19.4 Å². The van der Waals surface area contributed by atoms with E-state index >= 15 is 0 Å². The summed E-state index contributed by atoms with van der Waals surface area (Å²) in [7, 11) is 3.13. The summed E-state index contributed by atoms with van der Waals surface area (Å²) < 4.78 is 6.51. The highest BCUT2D eigenvalue weighted by molar-refractivity contribution is 5.87. The SMILES string of the molecule is COC(=O)c1ccc(CN(CCC(=O)O)Cc2ccccn2)n1C. The van der Waals surface area contributed by atoms with E-state index in [1.165, 1.54) is 7.11 Å². The van der Waals surface area contributed by atoms with Gasteiger partial charge >= 0.3 is 11.9 Å². The Kier molecular flexibility index (Phi) is 6.08. The van der Waals surface area contributed by atoms with Crippen molar-refractivity contribution in [3.8, 4) is 0 Å². The lowest BCUT2D eigenvalue weighted by molar-refractivity contribution is -0.137. The molecule has 2 aromatic rings. The van der Waals surface area contributed by atoms with Gasteiger partial charge in [-0.3, -0.25) is 14.7 Å². The molecule has 7 heteroatoms. The van der Waals surface area contributed by atoms with Gasteiger partial charge in [-0.2, -0.15) is 0 Å². The minimum Gasteiger partial charge on any atom is -0.481 e. The van der Waals surface area contributed by atoms with E-state index in [0.717, 1.165) is 11.4 Å². The Balaban J connectivity index is 2.14. The molecule has 0 aliphatic rings.